The van der Waals surface area contributed by atoms with Gasteiger partial charge in [-0.2, -0.15) is 0 Å². The average Bonchev–Trinajstić information content (AvgIpc) is 3.31. The van der Waals surface area contributed by atoms with Gasteiger partial charge in [-0.25, -0.2) is 4.79 Å². The van der Waals surface area contributed by atoms with Crippen LogP contribution in [0.2, 0.25) is 0 Å². The number of aromatic carboxylic acids is 1. The molecule has 1 heterocycles. The fraction of sp³-hybridized carbons (Fsp3) is 0.148. The minimum absolute atomic E-state index is 0.0397. The van der Waals surface area contributed by atoms with Gasteiger partial charge in [-0.1, -0.05) is 42.0 Å². The molecule has 0 unspecified atom stereocenters. The normalized spacial score (nSPS) is 11.9. The van der Waals surface area contributed by atoms with Gasteiger partial charge in [0.25, 0.3) is 0 Å². The van der Waals surface area contributed by atoms with Crippen molar-refractivity contribution in [3.05, 3.63) is 113 Å². The number of carbonyl (C=O) groups is 2. The summed E-state index contributed by atoms with van der Waals surface area (Å²) in [6.45, 7) is 2.62. The molecule has 7 nitrogen and oxygen atoms in total. The lowest BCUT2D eigenvalue weighted by Crippen LogP contribution is -2.09. The predicted molar refractivity (Wildman–Crippen MR) is 133 cm³/mol. The van der Waals surface area contributed by atoms with E-state index in [1.165, 1.54) is 19.4 Å². The fourth-order valence-corrected chi connectivity index (χ4v) is 3.36. The molecule has 0 spiro atoms. The molecule has 0 radical (unpaired) electrons. The molecule has 2 aromatic carbocycles. The molecule has 7 heteroatoms. The Balaban J connectivity index is 1.66. The molecule has 3 rings (SSSR count). The van der Waals surface area contributed by atoms with Crippen LogP contribution in [0.4, 0.5) is 0 Å². The highest BCUT2D eigenvalue weighted by Crippen LogP contribution is 2.19. The number of aryl methyl sites for hydroxylation is 1. The third-order valence-electron chi connectivity index (χ3n) is 5.23. The highest BCUT2D eigenvalue weighted by atomic mass is 16.5. The number of carbonyl (C=O) groups excluding carboxylic acids is 1. The van der Waals surface area contributed by atoms with Crippen LogP contribution in [0.15, 0.2) is 89.7 Å². The first-order chi connectivity index (χ1) is 16.4. The minimum Gasteiger partial charge on any atom is -0.497 e. The highest BCUT2D eigenvalue weighted by Gasteiger charge is 2.13. The first kappa shape index (κ1) is 24.3. The number of nitrogens with zero attached hydrogens (tertiary/aromatic N) is 2. The lowest BCUT2D eigenvalue weighted by molar-refractivity contribution is 0.0695. The maximum atomic E-state index is 12.8. The van der Waals surface area contributed by atoms with E-state index in [1.54, 1.807) is 30.5 Å². The Morgan fingerprint density at radius 1 is 1.15 bits per heavy atom. The molecule has 0 bridgehead atoms. The van der Waals surface area contributed by atoms with Gasteiger partial charge >= 0.3 is 5.97 Å². The standard InChI is InChI=1S/C27H27N3O4/c1-19-7-9-21(10-8-19)26(31)25-6-4-14-30(25)13-3-5-20(16-28)17-29-18-22-15-23(34-2)11-12-24(22)27(32)33/h3-12,14-17H,13,18,28H2,1-2H3,(H,32,33)/b5-3+,20-16?,29-17?. The van der Waals surface area contributed by atoms with Crippen molar-refractivity contribution >= 4 is 18.0 Å². The lowest BCUT2D eigenvalue weighted by atomic mass is 10.1. The Bertz CT molecular complexity index is 1250. The number of ether oxygens (including phenoxy) is 1. The second-order valence-corrected chi connectivity index (χ2v) is 7.61. The number of nitrogens with two attached hydrogens (primary N) is 1. The number of allylic oxidation sites excluding steroid dienone is 3. The van der Waals surface area contributed by atoms with Crippen LogP contribution in [-0.4, -0.2) is 34.8 Å². The third kappa shape index (κ3) is 6.10. The number of ketones is 1. The molecule has 3 N–H and O–H groups in total. The largest absolute Gasteiger partial charge is 0.497 e. The van der Waals surface area contributed by atoms with Crippen molar-refractivity contribution in [1.29, 1.82) is 0 Å². The van der Waals surface area contributed by atoms with Crippen LogP contribution in [0.3, 0.4) is 0 Å². The Morgan fingerprint density at radius 2 is 1.91 bits per heavy atom. The number of carboxylic acid groups (broad SMARTS) is 1. The van der Waals surface area contributed by atoms with Crippen molar-refractivity contribution in [2.24, 2.45) is 10.7 Å². The van der Waals surface area contributed by atoms with Gasteiger partial charge in [0.1, 0.15) is 5.75 Å². The van der Waals surface area contributed by atoms with Crippen molar-refractivity contribution in [2.75, 3.05) is 7.11 Å². The lowest BCUT2D eigenvalue weighted by Gasteiger charge is -2.07. The highest BCUT2D eigenvalue weighted by molar-refractivity contribution is 6.08. The van der Waals surface area contributed by atoms with Gasteiger partial charge in [0.2, 0.25) is 5.78 Å². The van der Waals surface area contributed by atoms with Crippen LogP contribution >= 0.6 is 0 Å². The molecule has 0 aliphatic rings. The van der Waals surface area contributed by atoms with E-state index >= 15 is 0 Å². The number of benzene rings is 2. The van der Waals surface area contributed by atoms with E-state index in [4.69, 9.17) is 10.5 Å². The molecule has 0 saturated heterocycles. The maximum Gasteiger partial charge on any atom is 0.336 e. The van der Waals surface area contributed by atoms with Gasteiger partial charge < -0.3 is 20.1 Å². The van der Waals surface area contributed by atoms with Gasteiger partial charge in [0, 0.05) is 36.3 Å². The topological polar surface area (TPSA) is 107 Å². The Labute approximate surface area is 198 Å². The number of hydrogen-bond acceptors (Lipinski definition) is 5. The monoisotopic (exact) mass is 457 g/mol. The summed E-state index contributed by atoms with van der Waals surface area (Å²) in [7, 11) is 1.52. The van der Waals surface area contributed by atoms with Gasteiger partial charge in [0.15, 0.2) is 0 Å². The fourth-order valence-electron chi connectivity index (χ4n) is 3.36. The van der Waals surface area contributed by atoms with Crippen molar-refractivity contribution in [3.63, 3.8) is 0 Å². The summed E-state index contributed by atoms with van der Waals surface area (Å²) in [4.78, 5) is 28.6. The summed E-state index contributed by atoms with van der Waals surface area (Å²) < 4.78 is 7.03. The first-order valence-electron chi connectivity index (χ1n) is 10.7. The summed E-state index contributed by atoms with van der Waals surface area (Å²) >= 11 is 0. The summed E-state index contributed by atoms with van der Waals surface area (Å²) in [6.07, 6.45) is 8.52. The van der Waals surface area contributed by atoms with E-state index in [0.29, 0.717) is 34.7 Å². The molecule has 3 aromatic rings. The number of aliphatic imine (C=N–C) groups is 1. The summed E-state index contributed by atoms with van der Waals surface area (Å²) in [6, 6.07) is 15.9. The van der Waals surface area contributed by atoms with Gasteiger partial charge in [-0.05, 0) is 42.8 Å². The molecule has 0 atom stereocenters. The molecule has 0 aliphatic carbocycles. The smallest absolute Gasteiger partial charge is 0.336 e. The van der Waals surface area contributed by atoms with E-state index < -0.39 is 5.97 Å². The molecule has 0 amide bonds. The van der Waals surface area contributed by atoms with E-state index in [0.717, 1.165) is 5.56 Å². The number of carboxylic acids is 1. The SMILES string of the molecule is COc1ccc(C(=O)O)c(CN=CC(=CN)/C=C/Cn2cccc2C(=O)c2ccc(C)cc2)c1. The second kappa shape index (κ2) is 11.5. The summed E-state index contributed by atoms with van der Waals surface area (Å²) in [5.74, 6) is -0.500. The van der Waals surface area contributed by atoms with Crippen molar-refractivity contribution in [2.45, 2.75) is 20.0 Å². The van der Waals surface area contributed by atoms with E-state index in [1.807, 2.05) is 54.1 Å². The molecule has 1 aromatic heterocycles. The van der Waals surface area contributed by atoms with Crippen LogP contribution in [0.25, 0.3) is 0 Å². The van der Waals surface area contributed by atoms with Gasteiger partial charge in [-0.3, -0.25) is 9.79 Å². The minimum atomic E-state index is -1.02. The zero-order valence-corrected chi connectivity index (χ0v) is 19.1. The Hall–Kier alpha value is -4.39. The molecule has 0 fully saturated rings. The Kier molecular flexibility index (Phi) is 8.18. The van der Waals surface area contributed by atoms with Gasteiger partial charge in [-0.15, -0.1) is 0 Å². The van der Waals surface area contributed by atoms with E-state index in [9.17, 15) is 14.7 Å². The molecule has 0 aliphatic heterocycles. The quantitative estimate of drug-likeness (QED) is 0.267. The molecule has 34 heavy (non-hydrogen) atoms. The van der Waals surface area contributed by atoms with E-state index in [2.05, 4.69) is 4.99 Å². The third-order valence-corrected chi connectivity index (χ3v) is 5.23. The van der Waals surface area contributed by atoms with Crippen LogP contribution in [-0.2, 0) is 13.1 Å². The van der Waals surface area contributed by atoms with Crippen LogP contribution in [0, 0.1) is 6.92 Å². The van der Waals surface area contributed by atoms with Gasteiger partial charge in [0.05, 0.1) is 24.9 Å². The second-order valence-electron chi connectivity index (χ2n) is 7.61. The van der Waals surface area contributed by atoms with Crippen molar-refractivity contribution in [3.8, 4) is 5.75 Å². The van der Waals surface area contributed by atoms with Crippen molar-refractivity contribution in [1.82, 2.24) is 4.57 Å². The zero-order valence-electron chi connectivity index (χ0n) is 19.1. The average molecular weight is 458 g/mol. The summed E-state index contributed by atoms with van der Waals surface area (Å²) in [5.41, 5.74) is 9.42. The van der Waals surface area contributed by atoms with E-state index in [-0.39, 0.29) is 17.9 Å². The van der Waals surface area contributed by atoms with Crippen molar-refractivity contribution < 1.29 is 19.4 Å². The molecular weight excluding hydrogens is 430 g/mol. The number of aromatic nitrogens is 1. The zero-order chi connectivity index (χ0) is 24.5. The van der Waals surface area contributed by atoms with Crippen LogP contribution in [0.5, 0.6) is 5.75 Å². The number of rotatable bonds is 10. The number of methoxy groups -OCH3 is 1. The predicted octanol–water partition coefficient (Wildman–Crippen LogP) is 4.40. The Morgan fingerprint density at radius 3 is 2.59 bits per heavy atom. The molecule has 0 saturated carbocycles. The first-order valence-corrected chi connectivity index (χ1v) is 10.7. The molecular formula is C27H27N3O4. The van der Waals surface area contributed by atoms with Crippen LogP contribution in [0.1, 0.15) is 37.5 Å². The molecule has 174 valence electrons. The maximum absolute atomic E-state index is 12.8. The van der Waals surface area contributed by atoms with Crippen LogP contribution < -0.4 is 10.5 Å². The summed E-state index contributed by atoms with van der Waals surface area (Å²) in [5, 5.41) is 9.38. The number of hydrogen-bond donors (Lipinski definition) is 2.